The normalized spacial score (nSPS) is 10.4. The minimum atomic E-state index is -0.469. The minimum Gasteiger partial charge on any atom is -0.368 e. The van der Waals surface area contributed by atoms with Crippen LogP contribution in [0.2, 0.25) is 0 Å². The van der Waals surface area contributed by atoms with Crippen LogP contribution in [0.25, 0.3) is 0 Å². The molecule has 1 amide bonds. The van der Waals surface area contributed by atoms with Gasteiger partial charge in [-0.05, 0) is 12.1 Å². The molecule has 100 valence electrons. The molecular weight excluding hydrogens is 269 g/mol. The van der Waals surface area contributed by atoms with Crippen LogP contribution in [0.5, 0.6) is 0 Å². The van der Waals surface area contributed by atoms with Gasteiger partial charge in [-0.1, -0.05) is 23.9 Å². The van der Waals surface area contributed by atoms with Gasteiger partial charge >= 0.3 is 0 Å². The summed E-state index contributed by atoms with van der Waals surface area (Å²) in [7, 11) is 1.70. The summed E-state index contributed by atoms with van der Waals surface area (Å²) >= 11 is 1.18. The quantitative estimate of drug-likeness (QED) is 0.824. The number of hydrogen-bond acceptors (Lipinski definition) is 5. The fourth-order valence-corrected chi connectivity index (χ4v) is 2.05. The van der Waals surface area contributed by atoms with Crippen LogP contribution in [0.4, 0.5) is 16.0 Å². The van der Waals surface area contributed by atoms with Crippen LogP contribution in [0.1, 0.15) is 0 Å². The Balaban J connectivity index is 1.92. The molecule has 3 N–H and O–H groups in total. The van der Waals surface area contributed by atoms with E-state index in [1.807, 2.05) is 0 Å². The largest absolute Gasteiger partial charge is 0.368 e. The maximum absolute atomic E-state index is 13.3. The highest BCUT2D eigenvalue weighted by Gasteiger charge is 2.10. The van der Waals surface area contributed by atoms with Crippen molar-refractivity contribution in [3.8, 4) is 0 Å². The lowest BCUT2D eigenvalue weighted by Gasteiger charge is -2.05. The van der Waals surface area contributed by atoms with Crippen molar-refractivity contribution in [1.29, 1.82) is 0 Å². The van der Waals surface area contributed by atoms with E-state index < -0.39 is 5.82 Å². The molecule has 19 heavy (non-hydrogen) atoms. The molecule has 2 aromatic rings. The molecule has 0 fully saturated rings. The molecular formula is C11H12FN5OS. The summed E-state index contributed by atoms with van der Waals surface area (Å²) in [5.74, 6) is -0.419. The third kappa shape index (κ3) is 3.22. The van der Waals surface area contributed by atoms with Crippen LogP contribution in [-0.2, 0) is 11.8 Å². The van der Waals surface area contributed by atoms with Crippen LogP contribution < -0.4 is 11.1 Å². The number of nitrogen functional groups attached to an aromatic ring is 1. The molecule has 8 heteroatoms. The molecule has 0 atom stereocenters. The van der Waals surface area contributed by atoms with Gasteiger partial charge in [0.15, 0.2) is 5.16 Å². The van der Waals surface area contributed by atoms with Crippen LogP contribution >= 0.6 is 11.8 Å². The Morgan fingerprint density at radius 1 is 1.47 bits per heavy atom. The number of amides is 1. The molecule has 0 unspecified atom stereocenters. The Bertz CT molecular complexity index is 601. The summed E-state index contributed by atoms with van der Waals surface area (Å²) in [5, 5.41) is 10.5. The van der Waals surface area contributed by atoms with Crippen LogP contribution in [0.3, 0.4) is 0 Å². The van der Waals surface area contributed by atoms with Gasteiger partial charge in [-0.3, -0.25) is 9.36 Å². The molecule has 1 heterocycles. The average molecular weight is 281 g/mol. The van der Waals surface area contributed by atoms with Crippen molar-refractivity contribution in [1.82, 2.24) is 14.8 Å². The standard InChI is InChI=1S/C11H12FN5OS/c1-17-10(13)15-16-11(17)19-6-9(18)14-8-5-3-2-4-7(8)12/h2-5H,6H2,1H3,(H2,13,15)(H,14,18). The predicted molar refractivity (Wildman–Crippen MR) is 71.2 cm³/mol. The fourth-order valence-electron chi connectivity index (χ4n) is 1.33. The first kappa shape index (κ1) is 13.3. The zero-order valence-corrected chi connectivity index (χ0v) is 10.9. The summed E-state index contributed by atoms with van der Waals surface area (Å²) in [6.07, 6.45) is 0. The van der Waals surface area contributed by atoms with Crippen molar-refractivity contribution in [2.24, 2.45) is 7.05 Å². The van der Waals surface area contributed by atoms with Gasteiger partial charge in [-0.2, -0.15) is 0 Å². The molecule has 0 spiro atoms. The van der Waals surface area contributed by atoms with Gasteiger partial charge in [0, 0.05) is 7.05 Å². The van der Waals surface area contributed by atoms with Crippen LogP contribution in [-0.4, -0.2) is 26.4 Å². The summed E-state index contributed by atoms with van der Waals surface area (Å²) < 4.78 is 14.9. The Labute approximate surface area is 113 Å². The van der Waals surface area contributed by atoms with Crippen molar-refractivity contribution < 1.29 is 9.18 Å². The molecule has 0 saturated carbocycles. The summed E-state index contributed by atoms with van der Waals surface area (Å²) in [5.41, 5.74) is 5.67. The van der Waals surface area contributed by atoms with E-state index in [2.05, 4.69) is 15.5 Å². The summed E-state index contributed by atoms with van der Waals surface area (Å²) in [6, 6.07) is 5.99. The topological polar surface area (TPSA) is 85.8 Å². The van der Waals surface area contributed by atoms with Crippen molar-refractivity contribution in [3.05, 3.63) is 30.1 Å². The van der Waals surface area contributed by atoms with E-state index in [1.54, 1.807) is 23.7 Å². The van der Waals surface area contributed by atoms with Gasteiger partial charge in [0.25, 0.3) is 0 Å². The molecule has 1 aromatic heterocycles. The van der Waals surface area contributed by atoms with E-state index >= 15 is 0 Å². The molecule has 0 saturated heterocycles. The number of benzene rings is 1. The van der Waals surface area contributed by atoms with E-state index in [0.29, 0.717) is 5.16 Å². The molecule has 0 aliphatic heterocycles. The van der Waals surface area contributed by atoms with E-state index in [-0.39, 0.29) is 23.3 Å². The number of anilines is 2. The number of carbonyl (C=O) groups is 1. The summed E-state index contributed by atoms with van der Waals surface area (Å²) in [6.45, 7) is 0. The molecule has 1 aromatic carbocycles. The van der Waals surface area contributed by atoms with Gasteiger partial charge in [0.1, 0.15) is 5.82 Å². The second-order valence-corrected chi connectivity index (χ2v) is 4.66. The van der Waals surface area contributed by atoms with E-state index in [1.165, 1.54) is 23.9 Å². The maximum atomic E-state index is 13.3. The third-order valence-electron chi connectivity index (χ3n) is 2.35. The smallest absolute Gasteiger partial charge is 0.234 e. The Morgan fingerprint density at radius 2 is 2.21 bits per heavy atom. The molecule has 0 aliphatic rings. The first-order valence-electron chi connectivity index (χ1n) is 5.40. The Hall–Kier alpha value is -2.09. The number of carbonyl (C=O) groups excluding carboxylic acids is 1. The number of nitrogens with one attached hydrogen (secondary N) is 1. The van der Waals surface area contributed by atoms with Crippen molar-refractivity contribution in [2.45, 2.75) is 5.16 Å². The monoisotopic (exact) mass is 281 g/mol. The number of rotatable bonds is 4. The van der Waals surface area contributed by atoms with E-state index in [9.17, 15) is 9.18 Å². The highest BCUT2D eigenvalue weighted by atomic mass is 32.2. The average Bonchev–Trinajstić information content (AvgIpc) is 2.70. The van der Waals surface area contributed by atoms with Gasteiger partial charge in [0.2, 0.25) is 11.9 Å². The van der Waals surface area contributed by atoms with Crippen molar-refractivity contribution in [3.63, 3.8) is 0 Å². The van der Waals surface area contributed by atoms with Crippen molar-refractivity contribution in [2.75, 3.05) is 16.8 Å². The molecule has 0 radical (unpaired) electrons. The lowest BCUT2D eigenvalue weighted by atomic mass is 10.3. The zero-order valence-electron chi connectivity index (χ0n) is 10.1. The first-order chi connectivity index (χ1) is 9.08. The highest BCUT2D eigenvalue weighted by molar-refractivity contribution is 7.99. The van der Waals surface area contributed by atoms with Gasteiger partial charge < -0.3 is 11.1 Å². The SMILES string of the molecule is Cn1c(N)nnc1SCC(=O)Nc1ccccc1F. The van der Waals surface area contributed by atoms with Crippen molar-refractivity contribution >= 4 is 29.3 Å². The number of nitrogens with zero attached hydrogens (tertiary/aromatic N) is 3. The summed E-state index contributed by atoms with van der Waals surface area (Å²) in [4.78, 5) is 11.7. The van der Waals surface area contributed by atoms with Crippen LogP contribution in [0, 0.1) is 5.82 Å². The lowest BCUT2D eigenvalue weighted by Crippen LogP contribution is -2.15. The third-order valence-corrected chi connectivity index (χ3v) is 3.37. The number of aromatic nitrogens is 3. The van der Waals surface area contributed by atoms with Gasteiger partial charge in [0.05, 0.1) is 11.4 Å². The Kier molecular flexibility index (Phi) is 4.00. The number of nitrogens with two attached hydrogens (primary N) is 1. The molecule has 6 nitrogen and oxygen atoms in total. The Morgan fingerprint density at radius 3 is 2.84 bits per heavy atom. The zero-order chi connectivity index (χ0) is 13.8. The van der Waals surface area contributed by atoms with E-state index in [4.69, 9.17) is 5.73 Å². The lowest BCUT2D eigenvalue weighted by molar-refractivity contribution is -0.113. The number of thioether (sulfide) groups is 1. The van der Waals surface area contributed by atoms with Gasteiger partial charge in [-0.25, -0.2) is 4.39 Å². The number of halogens is 1. The second-order valence-electron chi connectivity index (χ2n) is 3.72. The molecule has 0 aliphatic carbocycles. The van der Waals surface area contributed by atoms with E-state index in [0.717, 1.165) is 0 Å². The fraction of sp³-hybridized carbons (Fsp3) is 0.182. The maximum Gasteiger partial charge on any atom is 0.234 e. The molecule has 0 bridgehead atoms. The number of hydrogen-bond donors (Lipinski definition) is 2. The second kappa shape index (κ2) is 5.70. The predicted octanol–water partition coefficient (Wildman–Crippen LogP) is 1.27. The molecule has 2 rings (SSSR count). The number of para-hydroxylation sites is 1. The van der Waals surface area contributed by atoms with Gasteiger partial charge in [-0.15, -0.1) is 10.2 Å². The highest BCUT2D eigenvalue weighted by Crippen LogP contribution is 2.17. The first-order valence-corrected chi connectivity index (χ1v) is 6.38. The van der Waals surface area contributed by atoms with Crippen LogP contribution in [0.15, 0.2) is 29.4 Å². The minimum absolute atomic E-state index is 0.0975.